The van der Waals surface area contributed by atoms with Gasteiger partial charge in [-0.1, -0.05) is 0 Å². The van der Waals surface area contributed by atoms with Gasteiger partial charge in [0.15, 0.2) is 0 Å². The summed E-state index contributed by atoms with van der Waals surface area (Å²) in [5.41, 5.74) is 0. The molecule has 0 fully saturated rings. The average molecular weight is 172 g/mol. The molecule has 0 aromatic rings. The Bertz CT molecular complexity index is 55.8. The Kier molecular flexibility index (Phi) is 28.0. The molecule has 0 spiro atoms. The van der Waals surface area contributed by atoms with E-state index in [9.17, 15) is 4.79 Å². The molecule has 0 rings (SSSR count). The van der Waals surface area contributed by atoms with Crippen LogP contribution in [0, 0.1) is 0 Å². The number of carboxylic acid groups (broad SMARTS) is 1. The zero-order chi connectivity index (χ0) is 4.28. The van der Waals surface area contributed by atoms with Gasteiger partial charge in [0, 0.05) is 0 Å². The van der Waals surface area contributed by atoms with Crippen molar-refractivity contribution >= 4 is 18.6 Å². The molecule has 34 valence electrons. The van der Waals surface area contributed by atoms with Crippen molar-refractivity contribution in [1.82, 2.24) is 0 Å². The maximum Gasteiger partial charge on any atom is 1.00 e. The van der Waals surface area contributed by atoms with E-state index in [4.69, 9.17) is 5.11 Å². The molecule has 0 heterocycles. The van der Waals surface area contributed by atoms with Crippen LogP contribution in [0.25, 0.3) is 0 Å². The first-order chi connectivity index (χ1) is 2.27. The van der Waals surface area contributed by atoms with E-state index in [1.54, 1.807) is 0 Å². The first-order valence-corrected chi connectivity index (χ1v) is 1.73. The Morgan fingerprint density at radius 2 is 1.86 bits per heavy atom. The number of aliphatic carboxylic acids is 1. The number of thiol groups is 1. The van der Waals surface area contributed by atoms with Crippen molar-refractivity contribution in [2.24, 2.45) is 0 Å². The number of carbonyl (C=O) groups is 1. The molecule has 0 aliphatic rings. The molecule has 7 heavy (non-hydrogen) atoms. The van der Waals surface area contributed by atoms with Gasteiger partial charge in [0.05, 0.1) is 5.75 Å². The fourth-order valence-electron chi connectivity index (χ4n) is 0. The number of hydrogen-bond acceptors (Lipinski definition) is 2. The maximum atomic E-state index is 9.29. The van der Waals surface area contributed by atoms with Crippen molar-refractivity contribution in [3.8, 4) is 0 Å². The molecule has 0 aliphatic heterocycles. The molecule has 0 aliphatic carbocycles. The molecule has 2 nitrogen and oxygen atoms in total. The Hall–Kier alpha value is 3.09. The first kappa shape index (κ1) is 16.6. The van der Waals surface area contributed by atoms with E-state index >= 15 is 0 Å². The van der Waals surface area contributed by atoms with E-state index in [-0.39, 0.29) is 111 Å². The van der Waals surface area contributed by atoms with Gasteiger partial charge in [0.25, 0.3) is 0 Å². The van der Waals surface area contributed by atoms with Gasteiger partial charge in [0.1, 0.15) is 0 Å². The fraction of sp³-hybridized carbons (Fsp3) is 0.500. The van der Waals surface area contributed by atoms with Crippen molar-refractivity contribution in [1.29, 1.82) is 0 Å². The standard InChI is InChI=1S/C2H4O2S.2K.2H/c3-2(4)1-5;;;;/h5H,1H2,(H,3,4);;;;/q;2*+1;2*-1. The molecule has 0 atom stereocenters. The summed E-state index contributed by atoms with van der Waals surface area (Å²) in [5.74, 6) is -0.965. The van der Waals surface area contributed by atoms with Crippen LogP contribution in [0.3, 0.4) is 0 Å². The molecule has 0 aromatic heterocycles. The summed E-state index contributed by atoms with van der Waals surface area (Å²) in [6.45, 7) is 0. The van der Waals surface area contributed by atoms with Crippen molar-refractivity contribution < 1.29 is 116 Å². The first-order valence-electron chi connectivity index (χ1n) is 1.10. The summed E-state index contributed by atoms with van der Waals surface area (Å²) < 4.78 is 0. The number of hydrogen-bond donors (Lipinski definition) is 2. The second kappa shape index (κ2) is 11.8. The third kappa shape index (κ3) is 17.6. The third-order valence-electron chi connectivity index (χ3n) is 0.135. The maximum absolute atomic E-state index is 9.29. The minimum absolute atomic E-state index is 0. The zero-order valence-corrected chi connectivity index (χ0v) is 11.7. The Morgan fingerprint density at radius 3 is 1.86 bits per heavy atom. The van der Waals surface area contributed by atoms with Crippen LogP contribution < -0.4 is 103 Å². The van der Waals surface area contributed by atoms with Crippen LogP contribution in [0.4, 0.5) is 0 Å². The van der Waals surface area contributed by atoms with Crippen molar-refractivity contribution in [2.75, 3.05) is 5.75 Å². The largest absolute Gasteiger partial charge is 1.00 e. The minimum Gasteiger partial charge on any atom is -1.00 e. The summed E-state index contributed by atoms with van der Waals surface area (Å²) in [7, 11) is 0. The molecule has 0 bridgehead atoms. The van der Waals surface area contributed by atoms with Gasteiger partial charge >= 0.3 is 109 Å². The van der Waals surface area contributed by atoms with Gasteiger partial charge in [-0.05, 0) is 0 Å². The van der Waals surface area contributed by atoms with Crippen LogP contribution in [0.5, 0.6) is 0 Å². The van der Waals surface area contributed by atoms with Crippen LogP contribution >= 0.6 is 12.6 Å². The van der Waals surface area contributed by atoms with Crippen molar-refractivity contribution in [3.05, 3.63) is 0 Å². The second-order valence-electron chi connectivity index (χ2n) is 0.552. The number of carboxylic acids is 1. The average Bonchev–Trinajstić information content (AvgIpc) is 1.38. The van der Waals surface area contributed by atoms with Gasteiger partial charge in [-0.15, -0.1) is 0 Å². The predicted octanol–water partition coefficient (Wildman–Crippen LogP) is -5.77. The van der Waals surface area contributed by atoms with Gasteiger partial charge in [-0.25, -0.2) is 0 Å². The summed E-state index contributed by atoms with van der Waals surface area (Å²) in [4.78, 5) is 9.29. The molecule has 0 saturated carbocycles. The van der Waals surface area contributed by atoms with Gasteiger partial charge < -0.3 is 7.96 Å². The van der Waals surface area contributed by atoms with E-state index in [2.05, 4.69) is 12.6 Å². The summed E-state index contributed by atoms with van der Waals surface area (Å²) in [6.07, 6.45) is 0. The van der Waals surface area contributed by atoms with Gasteiger partial charge in [-0.3, -0.25) is 4.79 Å². The topological polar surface area (TPSA) is 37.3 Å². The van der Waals surface area contributed by atoms with E-state index in [0.717, 1.165) is 0 Å². The Morgan fingerprint density at radius 1 is 1.71 bits per heavy atom. The smallest absolute Gasteiger partial charge is 1.00 e. The number of rotatable bonds is 1. The van der Waals surface area contributed by atoms with Crippen molar-refractivity contribution in [2.45, 2.75) is 0 Å². The summed E-state index contributed by atoms with van der Waals surface area (Å²) >= 11 is 3.42. The molecule has 0 saturated heterocycles. The molecule has 0 aromatic carbocycles. The molecule has 0 amide bonds. The molecule has 5 heteroatoms. The molecular formula is C2H6K2O2S. The van der Waals surface area contributed by atoms with E-state index in [1.165, 1.54) is 0 Å². The molecular weight excluding hydrogens is 166 g/mol. The van der Waals surface area contributed by atoms with Crippen LogP contribution in [-0.4, -0.2) is 16.8 Å². The van der Waals surface area contributed by atoms with Gasteiger partial charge in [0.2, 0.25) is 0 Å². The SMILES string of the molecule is O=C(O)CS.[H-].[H-].[K+].[K+]. The van der Waals surface area contributed by atoms with Crippen molar-refractivity contribution in [3.63, 3.8) is 0 Å². The zero-order valence-electron chi connectivity index (χ0n) is 6.51. The quantitative estimate of drug-likeness (QED) is 0.305. The Balaban J connectivity index is -0.0000000133. The summed E-state index contributed by atoms with van der Waals surface area (Å²) in [5, 5.41) is 7.65. The van der Waals surface area contributed by atoms with Crippen LogP contribution in [0.2, 0.25) is 0 Å². The Labute approximate surface area is 136 Å². The second-order valence-corrected chi connectivity index (χ2v) is 0.868. The summed E-state index contributed by atoms with van der Waals surface area (Å²) in [6, 6.07) is 0. The fourth-order valence-corrected chi connectivity index (χ4v) is 0. The molecule has 0 unspecified atom stereocenters. The third-order valence-corrected chi connectivity index (χ3v) is 0.406. The predicted molar refractivity (Wildman–Crippen MR) is 23.7 cm³/mol. The molecule has 0 radical (unpaired) electrons. The van der Waals surface area contributed by atoms with Crippen LogP contribution in [0.1, 0.15) is 2.85 Å². The van der Waals surface area contributed by atoms with E-state index in [1.807, 2.05) is 0 Å². The van der Waals surface area contributed by atoms with E-state index < -0.39 is 5.97 Å². The van der Waals surface area contributed by atoms with E-state index in [0.29, 0.717) is 0 Å². The molecule has 1 N–H and O–H groups in total. The van der Waals surface area contributed by atoms with Crippen LogP contribution in [-0.2, 0) is 4.79 Å². The minimum atomic E-state index is -0.881. The normalized spacial score (nSPS) is 5.29. The van der Waals surface area contributed by atoms with Gasteiger partial charge in [-0.2, -0.15) is 12.6 Å². The van der Waals surface area contributed by atoms with Crippen LogP contribution in [0.15, 0.2) is 0 Å². The monoisotopic (exact) mass is 172 g/mol.